The monoisotopic (exact) mass is 411 g/mol. The third-order valence-electron chi connectivity index (χ3n) is 4.05. The lowest BCUT2D eigenvalue weighted by Gasteiger charge is -2.22. The number of methoxy groups -OCH3 is 2. The molecule has 0 saturated carbocycles. The summed E-state index contributed by atoms with van der Waals surface area (Å²) in [6, 6.07) is 2.12. The number of thiocarbonyl (C=S) groups is 1. The molecule has 7 nitrogen and oxygen atoms in total. The van der Waals surface area contributed by atoms with Crippen LogP contribution in [0.5, 0.6) is 17.2 Å². The Labute approximate surface area is 166 Å². The fourth-order valence-electron chi connectivity index (χ4n) is 2.66. The van der Waals surface area contributed by atoms with Crippen LogP contribution in [0.15, 0.2) is 17.0 Å². The van der Waals surface area contributed by atoms with E-state index in [4.69, 9.17) is 21.7 Å². The largest absolute Gasteiger partial charge is 0.502 e. The van der Waals surface area contributed by atoms with E-state index in [1.807, 2.05) is 6.92 Å². The van der Waals surface area contributed by atoms with Gasteiger partial charge in [-0.15, -0.1) is 0 Å². The molecular weight excluding hydrogens is 390 g/mol. The van der Waals surface area contributed by atoms with Gasteiger partial charge in [-0.3, -0.25) is 9.69 Å². The van der Waals surface area contributed by atoms with Crippen LogP contribution in [-0.4, -0.2) is 51.6 Å². The third kappa shape index (κ3) is 4.54. The predicted molar refractivity (Wildman–Crippen MR) is 107 cm³/mol. The number of unbranched alkanes of at least 4 members (excludes halogenated alkanes) is 1. The van der Waals surface area contributed by atoms with Crippen LogP contribution in [-0.2, 0) is 9.59 Å². The molecule has 1 amide bonds. The van der Waals surface area contributed by atoms with Gasteiger partial charge < -0.3 is 19.7 Å². The summed E-state index contributed by atoms with van der Waals surface area (Å²) in [6.07, 6.45) is 3.41. The van der Waals surface area contributed by atoms with Crippen molar-refractivity contribution in [2.75, 3.05) is 14.2 Å². The SMILES string of the molecule is CCCC[C@H](C(=O)O)N1C(=O)/C(=C/c2cc(OC)c(O)c(OC)c2)SC1=S. The van der Waals surface area contributed by atoms with E-state index >= 15 is 0 Å². The summed E-state index contributed by atoms with van der Waals surface area (Å²) in [7, 11) is 2.81. The second-order valence-electron chi connectivity index (χ2n) is 5.82. The number of benzene rings is 1. The Balaban J connectivity index is 2.37. The van der Waals surface area contributed by atoms with Gasteiger partial charge in [0.2, 0.25) is 5.75 Å². The molecular formula is C18H21NO6S2. The minimum absolute atomic E-state index is 0.143. The first-order valence-electron chi connectivity index (χ1n) is 8.28. The number of carboxylic acids is 1. The number of aliphatic carboxylic acids is 1. The molecule has 0 aliphatic carbocycles. The van der Waals surface area contributed by atoms with Crippen LogP contribution in [0.4, 0.5) is 0 Å². The number of phenolic OH excluding ortho intramolecular Hbond substituents is 1. The summed E-state index contributed by atoms with van der Waals surface area (Å²) in [5.41, 5.74) is 0.558. The highest BCUT2D eigenvalue weighted by atomic mass is 32.2. The zero-order chi connectivity index (χ0) is 20.1. The molecule has 1 fully saturated rings. The van der Waals surface area contributed by atoms with E-state index in [2.05, 4.69) is 0 Å². The highest BCUT2D eigenvalue weighted by molar-refractivity contribution is 8.26. The molecule has 2 rings (SSSR count). The van der Waals surface area contributed by atoms with Gasteiger partial charge in [0, 0.05) is 0 Å². The average Bonchev–Trinajstić information content (AvgIpc) is 2.90. The summed E-state index contributed by atoms with van der Waals surface area (Å²) in [5.74, 6) is -1.27. The first-order valence-corrected chi connectivity index (χ1v) is 9.51. The number of hydrogen-bond donors (Lipinski definition) is 2. The van der Waals surface area contributed by atoms with Gasteiger partial charge in [0.25, 0.3) is 5.91 Å². The Hall–Kier alpha value is -2.26. The number of carbonyl (C=O) groups excluding carboxylic acids is 1. The number of phenols is 1. The first kappa shape index (κ1) is 21.0. The van der Waals surface area contributed by atoms with Crippen molar-refractivity contribution in [2.24, 2.45) is 0 Å². The Morgan fingerprint density at radius 2 is 1.93 bits per heavy atom. The lowest BCUT2D eigenvalue weighted by molar-refractivity contribution is -0.145. The number of hydrogen-bond acceptors (Lipinski definition) is 7. The fraction of sp³-hybridized carbons (Fsp3) is 0.389. The van der Waals surface area contributed by atoms with E-state index in [0.29, 0.717) is 23.3 Å². The molecule has 1 aliphatic heterocycles. The summed E-state index contributed by atoms with van der Waals surface area (Å²) in [5, 5.41) is 19.5. The number of carbonyl (C=O) groups is 2. The van der Waals surface area contributed by atoms with Crippen LogP contribution in [0.3, 0.4) is 0 Å². The highest BCUT2D eigenvalue weighted by Gasteiger charge is 2.40. The first-order chi connectivity index (χ1) is 12.8. The molecule has 2 N–H and O–H groups in total. The van der Waals surface area contributed by atoms with Crippen LogP contribution in [0.2, 0.25) is 0 Å². The smallest absolute Gasteiger partial charge is 0.326 e. The second kappa shape index (κ2) is 9.09. The molecule has 1 aromatic carbocycles. The Morgan fingerprint density at radius 1 is 1.33 bits per heavy atom. The number of amides is 1. The number of aromatic hydroxyl groups is 1. The molecule has 0 spiro atoms. The standard InChI is InChI=1S/C18H21NO6S2/c1-4-5-6-11(17(22)23)19-16(21)14(27-18(19)26)9-10-7-12(24-2)15(20)13(8-10)25-3/h7-9,11,20H,4-6H2,1-3H3,(H,22,23)/b14-9-/t11-/m1/s1. The molecule has 0 aromatic heterocycles. The zero-order valence-corrected chi connectivity index (χ0v) is 16.9. The normalized spacial score (nSPS) is 16.7. The number of thioether (sulfide) groups is 1. The van der Waals surface area contributed by atoms with Gasteiger partial charge in [0.15, 0.2) is 11.5 Å². The molecule has 1 aromatic rings. The quantitative estimate of drug-likeness (QED) is 0.497. The van der Waals surface area contributed by atoms with Crippen molar-refractivity contribution in [1.82, 2.24) is 4.90 Å². The van der Waals surface area contributed by atoms with Gasteiger partial charge in [-0.1, -0.05) is 43.7 Å². The molecule has 1 saturated heterocycles. The lowest BCUT2D eigenvalue weighted by atomic mass is 10.1. The van der Waals surface area contributed by atoms with Crippen molar-refractivity contribution in [2.45, 2.75) is 32.2 Å². The van der Waals surface area contributed by atoms with Crippen LogP contribution in [0.25, 0.3) is 6.08 Å². The van der Waals surface area contributed by atoms with Crippen molar-refractivity contribution >= 4 is 46.3 Å². The molecule has 27 heavy (non-hydrogen) atoms. The Morgan fingerprint density at radius 3 is 2.41 bits per heavy atom. The van der Waals surface area contributed by atoms with Crippen molar-refractivity contribution in [3.05, 3.63) is 22.6 Å². The number of carboxylic acid groups (broad SMARTS) is 1. The van der Waals surface area contributed by atoms with Gasteiger partial charge in [-0.2, -0.15) is 0 Å². The maximum atomic E-state index is 12.8. The molecule has 9 heteroatoms. The Kier molecular flexibility index (Phi) is 7.09. The fourth-order valence-corrected chi connectivity index (χ4v) is 4.01. The summed E-state index contributed by atoms with van der Waals surface area (Å²) < 4.78 is 10.4. The minimum Gasteiger partial charge on any atom is -0.502 e. The van der Waals surface area contributed by atoms with Crippen LogP contribution in [0.1, 0.15) is 31.7 Å². The third-order valence-corrected chi connectivity index (χ3v) is 5.38. The second-order valence-corrected chi connectivity index (χ2v) is 7.50. The van der Waals surface area contributed by atoms with E-state index < -0.39 is 17.9 Å². The predicted octanol–water partition coefficient (Wildman–Crippen LogP) is 3.25. The number of nitrogens with zero attached hydrogens (tertiary/aromatic N) is 1. The zero-order valence-electron chi connectivity index (χ0n) is 15.2. The lowest BCUT2D eigenvalue weighted by Crippen LogP contribution is -2.43. The summed E-state index contributed by atoms with van der Waals surface area (Å²) >= 11 is 6.30. The van der Waals surface area contributed by atoms with Crippen molar-refractivity contribution < 1.29 is 29.3 Å². The number of ether oxygens (including phenoxy) is 2. The van der Waals surface area contributed by atoms with Gasteiger partial charge in [-0.25, -0.2) is 4.79 Å². The van der Waals surface area contributed by atoms with E-state index in [9.17, 15) is 19.8 Å². The molecule has 1 atom stereocenters. The molecule has 0 bridgehead atoms. The van der Waals surface area contributed by atoms with Gasteiger partial charge in [0.05, 0.1) is 19.1 Å². The van der Waals surface area contributed by atoms with Crippen LogP contribution >= 0.6 is 24.0 Å². The summed E-state index contributed by atoms with van der Waals surface area (Å²) in [6.45, 7) is 1.95. The van der Waals surface area contributed by atoms with Crippen LogP contribution < -0.4 is 9.47 Å². The summed E-state index contributed by atoms with van der Waals surface area (Å²) in [4.78, 5) is 25.9. The minimum atomic E-state index is -1.08. The van der Waals surface area contributed by atoms with E-state index in [1.54, 1.807) is 18.2 Å². The Bertz CT molecular complexity index is 767. The topological polar surface area (TPSA) is 96.3 Å². The maximum Gasteiger partial charge on any atom is 0.326 e. The average molecular weight is 412 g/mol. The van der Waals surface area contributed by atoms with Crippen LogP contribution in [0, 0.1) is 0 Å². The van der Waals surface area contributed by atoms with E-state index in [-0.39, 0.29) is 21.6 Å². The van der Waals surface area contributed by atoms with Gasteiger partial charge >= 0.3 is 5.97 Å². The van der Waals surface area contributed by atoms with Gasteiger partial charge in [-0.05, 0) is 30.2 Å². The van der Waals surface area contributed by atoms with Gasteiger partial charge in [0.1, 0.15) is 10.4 Å². The molecule has 146 valence electrons. The van der Waals surface area contributed by atoms with E-state index in [0.717, 1.165) is 18.2 Å². The van der Waals surface area contributed by atoms with Crippen molar-refractivity contribution in [3.8, 4) is 17.2 Å². The van der Waals surface area contributed by atoms with Crippen molar-refractivity contribution in [3.63, 3.8) is 0 Å². The van der Waals surface area contributed by atoms with E-state index in [1.165, 1.54) is 19.1 Å². The van der Waals surface area contributed by atoms with Crippen molar-refractivity contribution in [1.29, 1.82) is 0 Å². The molecule has 1 heterocycles. The highest BCUT2D eigenvalue weighted by Crippen LogP contribution is 2.40. The maximum absolute atomic E-state index is 12.8. The molecule has 1 aliphatic rings. The molecule has 0 unspecified atom stereocenters. The molecule has 0 radical (unpaired) electrons. The number of rotatable bonds is 8.